The highest BCUT2D eigenvalue weighted by atomic mass is 32.1. The van der Waals surface area contributed by atoms with Crippen molar-refractivity contribution >= 4 is 32.6 Å². The summed E-state index contributed by atoms with van der Waals surface area (Å²) in [6.07, 6.45) is 4.93. The summed E-state index contributed by atoms with van der Waals surface area (Å²) in [5.74, 6) is -0.00837. The highest BCUT2D eigenvalue weighted by molar-refractivity contribution is 7.22. The van der Waals surface area contributed by atoms with Crippen LogP contribution in [0.2, 0.25) is 0 Å². The van der Waals surface area contributed by atoms with Gasteiger partial charge in [-0.15, -0.1) is 0 Å². The minimum absolute atomic E-state index is 0.00837. The van der Waals surface area contributed by atoms with Crippen LogP contribution in [0.4, 0.5) is 5.13 Å². The van der Waals surface area contributed by atoms with Crippen molar-refractivity contribution in [2.24, 2.45) is 0 Å². The lowest BCUT2D eigenvalue weighted by Gasteiger charge is -2.10. The molecule has 1 aliphatic carbocycles. The summed E-state index contributed by atoms with van der Waals surface area (Å²) in [6, 6.07) is 8.42. The first-order valence-electron chi connectivity index (χ1n) is 6.70. The van der Waals surface area contributed by atoms with Crippen molar-refractivity contribution in [2.75, 3.05) is 11.9 Å². The minimum Gasteiger partial charge on any atom is -0.306 e. The molecule has 2 N–H and O–H groups in total. The smallest absolute Gasteiger partial charge is 0.240 e. The Hall–Kier alpha value is -1.46. The standard InChI is InChI=1S/C14H17N3OS/c18-13(9-15-10-5-1-2-6-10)17-14-16-11-7-3-4-8-12(11)19-14/h3-4,7-8,10,15H,1-2,5-6,9H2,(H,16,17,18). The summed E-state index contributed by atoms with van der Waals surface area (Å²) >= 11 is 1.51. The molecular weight excluding hydrogens is 258 g/mol. The number of amides is 1. The number of rotatable bonds is 4. The summed E-state index contributed by atoms with van der Waals surface area (Å²) in [4.78, 5) is 16.2. The number of anilines is 1. The summed E-state index contributed by atoms with van der Waals surface area (Å²) in [6.45, 7) is 0.376. The zero-order chi connectivity index (χ0) is 13.1. The molecule has 2 aromatic rings. The molecule has 19 heavy (non-hydrogen) atoms. The van der Waals surface area contributed by atoms with Gasteiger partial charge < -0.3 is 10.6 Å². The van der Waals surface area contributed by atoms with Gasteiger partial charge >= 0.3 is 0 Å². The van der Waals surface area contributed by atoms with Crippen molar-refractivity contribution in [2.45, 2.75) is 31.7 Å². The Morgan fingerprint density at radius 3 is 2.89 bits per heavy atom. The van der Waals surface area contributed by atoms with Crippen molar-refractivity contribution in [3.05, 3.63) is 24.3 Å². The molecular formula is C14H17N3OS. The van der Waals surface area contributed by atoms with Gasteiger partial charge in [-0.25, -0.2) is 4.98 Å². The molecule has 0 radical (unpaired) electrons. The molecule has 1 fully saturated rings. The van der Waals surface area contributed by atoms with E-state index in [4.69, 9.17) is 0 Å². The Labute approximate surface area is 116 Å². The second-order valence-electron chi connectivity index (χ2n) is 4.90. The Balaban J connectivity index is 1.56. The molecule has 1 aromatic heterocycles. The first kappa shape index (κ1) is 12.6. The number of benzene rings is 1. The van der Waals surface area contributed by atoms with Crippen LogP contribution in [0.3, 0.4) is 0 Å². The SMILES string of the molecule is O=C(CNC1CCCC1)Nc1nc2ccccc2s1. The van der Waals surface area contributed by atoms with Gasteiger partial charge in [0.2, 0.25) is 5.91 Å². The van der Waals surface area contributed by atoms with Crippen molar-refractivity contribution in [1.82, 2.24) is 10.3 Å². The topological polar surface area (TPSA) is 54.0 Å². The molecule has 5 heteroatoms. The van der Waals surface area contributed by atoms with Gasteiger partial charge in [-0.3, -0.25) is 4.79 Å². The Kier molecular flexibility index (Phi) is 3.75. The van der Waals surface area contributed by atoms with Crippen LogP contribution in [0, 0.1) is 0 Å². The highest BCUT2D eigenvalue weighted by Gasteiger charge is 2.15. The quantitative estimate of drug-likeness (QED) is 0.902. The van der Waals surface area contributed by atoms with Crippen molar-refractivity contribution in [3.8, 4) is 0 Å². The molecule has 1 heterocycles. The van der Waals surface area contributed by atoms with E-state index in [1.165, 1.54) is 37.0 Å². The van der Waals surface area contributed by atoms with E-state index in [1.54, 1.807) is 0 Å². The van der Waals surface area contributed by atoms with E-state index >= 15 is 0 Å². The molecule has 1 amide bonds. The largest absolute Gasteiger partial charge is 0.306 e. The molecule has 4 nitrogen and oxygen atoms in total. The molecule has 1 saturated carbocycles. The van der Waals surface area contributed by atoms with Crippen LogP contribution >= 0.6 is 11.3 Å². The third kappa shape index (κ3) is 3.11. The zero-order valence-corrected chi connectivity index (χ0v) is 11.5. The average molecular weight is 275 g/mol. The van der Waals surface area contributed by atoms with Crippen LogP contribution in [0.15, 0.2) is 24.3 Å². The van der Waals surface area contributed by atoms with Crippen LogP contribution in [-0.4, -0.2) is 23.5 Å². The van der Waals surface area contributed by atoms with Gasteiger partial charge in [0.05, 0.1) is 16.8 Å². The van der Waals surface area contributed by atoms with Gasteiger partial charge in [0, 0.05) is 6.04 Å². The van der Waals surface area contributed by atoms with Gasteiger partial charge in [-0.05, 0) is 25.0 Å². The Morgan fingerprint density at radius 1 is 1.32 bits per heavy atom. The van der Waals surface area contributed by atoms with Crippen LogP contribution < -0.4 is 10.6 Å². The predicted molar refractivity (Wildman–Crippen MR) is 78.5 cm³/mol. The summed E-state index contributed by atoms with van der Waals surface area (Å²) < 4.78 is 1.10. The van der Waals surface area contributed by atoms with Gasteiger partial charge in [0.25, 0.3) is 0 Å². The van der Waals surface area contributed by atoms with Gasteiger partial charge in [0.15, 0.2) is 5.13 Å². The molecule has 0 spiro atoms. The van der Waals surface area contributed by atoms with E-state index in [0.717, 1.165) is 10.2 Å². The summed E-state index contributed by atoms with van der Waals surface area (Å²) in [7, 11) is 0. The lowest BCUT2D eigenvalue weighted by atomic mass is 10.2. The fraction of sp³-hybridized carbons (Fsp3) is 0.429. The number of nitrogens with zero attached hydrogens (tertiary/aromatic N) is 1. The second kappa shape index (κ2) is 5.67. The lowest BCUT2D eigenvalue weighted by molar-refractivity contribution is -0.115. The van der Waals surface area contributed by atoms with E-state index in [2.05, 4.69) is 15.6 Å². The van der Waals surface area contributed by atoms with Crippen LogP contribution in [-0.2, 0) is 4.79 Å². The maximum Gasteiger partial charge on any atom is 0.240 e. The normalized spacial score (nSPS) is 16.0. The predicted octanol–water partition coefficient (Wildman–Crippen LogP) is 2.77. The molecule has 0 aliphatic heterocycles. The first-order chi connectivity index (χ1) is 9.31. The third-order valence-electron chi connectivity index (χ3n) is 3.45. The number of carbonyl (C=O) groups excluding carboxylic acids is 1. The van der Waals surface area contributed by atoms with Gasteiger partial charge in [-0.1, -0.05) is 36.3 Å². The first-order valence-corrected chi connectivity index (χ1v) is 7.52. The van der Waals surface area contributed by atoms with Crippen molar-refractivity contribution in [1.29, 1.82) is 0 Å². The highest BCUT2D eigenvalue weighted by Crippen LogP contribution is 2.25. The Bertz CT molecular complexity index is 542. The van der Waals surface area contributed by atoms with Crippen molar-refractivity contribution in [3.63, 3.8) is 0 Å². The number of carbonyl (C=O) groups is 1. The zero-order valence-electron chi connectivity index (χ0n) is 10.7. The Morgan fingerprint density at radius 2 is 2.11 bits per heavy atom. The molecule has 1 aliphatic rings. The van der Waals surface area contributed by atoms with E-state index in [1.807, 2.05) is 24.3 Å². The van der Waals surface area contributed by atoms with Crippen LogP contribution in [0.25, 0.3) is 10.2 Å². The number of aromatic nitrogens is 1. The number of hydrogen-bond acceptors (Lipinski definition) is 4. The second-order valence-corrected chi connectivity index (χ2v) is 5.93. The van der Waals surface area contributed by atoms with Crippen LogP contribution in [0.5, 0.6) is 0 Å². The third-order valence-corrected chi connectivity index (χ3v) is 4.40. The molecule has 0 saturated heterocycles. The van der Waals surface area contributed by atoms with E-state index in [-0.39, 0.29) is 5.91 Å². The number of thiazole rings is 1. The number of para-hydroxylation sites is 1. The van der Waals surface area contributed by atoms with Crippen molar-refractivity contribution < 1.29 is 4.79 Å². The van der Waals surface area contributed by atoms with Gasteiger partial charge in [0.1, 0.15) is 0 Å². The molecule has 0 unspecified atom stereocenters. The lowest BCUT2D eigenvalue weighted by Crippen LogP contribution is -2.34. The number of nitrogens with one attached hydrogen (secondary N) is 2. The minimum atomic E-state index is -0.00837. The molecule has 0 atom stereocenters. The molecule has 100 valence electrons. The van der Waals surface area contributed by atoms with Gasteiger partial charge in [-0.2, -0.15) is 0 Å². The van der Waals surface area contributed by atoms with E-state index < -0.39 is 0 Å². The summed E-state index contributed by atoms with van der Waals surface area (Å²) in [5, 5.41) is 6.84. The fourth-order valence-electron chi connectivity index (χ4n) is 2.46. The number of hydrogen-bond donors (Lipinski definition) is 2. The average Bonchev–Trinajstić information content (AvgIpc) is 3.04. The molecule has 0 bridgehead atoms. The monoisotopic (exact) mass is 275 g/mol. The summed E-state index contributed by atoms with van der Waals surface area (Å²) in [5.41, 5.74) is 0.937. The fourth-order valence-corrected chi connectivity index (χ4v) is 3.34. The van der Waals surface area contributed by atoms with E-state index in [0.29, 0.717) is 17.7 Å². The number of fused-ring (bicyclic) bond motifs is 1. The maximum atomic E-state index is 11.8. The van der Waals surface area contributed by atoms with Crippen LogP contribution in [0.1, 0.15) is 25.7 Å². The molecule has 1 aromatic carbocycles. The van der Waals surface area contributed by atoms with E-state index in [9.17, 15) is 4.79 Å². The maximum absolute atomic E-state index is 11.8. The molecule has 3 rings (SSSR count).